The van der Waals surface area contributed by atoms with Gasteiger partial charge in [0, 0.05) is 12.0 Å². The van der Waals surface area contributed by atoms with Crippen LogP contribution in [-0.2, 0) is 17.8 Å². The van der Waals surface area contributed by atoms with Crippen LogP contribution in [0.4, 0.5) is 0 Å². The molecule has 0 saturated heterocycles. The summed E-state index contributed by atoms with van der Waals surface area (Å²) in [5.74, 6) is 0.887. The summed E-state index contributed by atoms with van der Waals surface area (Å²) in [6, 6.07) is 9.01. The molecule has 2 aromatic rings. The van der Waals surface area contributed by atoms with Crippen molar-refractivity contribution < 1.29 is 18.7 Å². The third kappa shape index (κ3) is 3.95. The lowest BCUT2D eigenvalue weighted by Gasteiger charge is -2.05. The van der Waals surface area contributed by atoms with Crippen LogP contribution in [0.1, 0.15) is 34.4 Å². The number of nitrogens with two attached hydrogens (primary N) is 1. The summed E-state index contributed by atoms with van der Waals surface area (Å²) in [7, 11) is 0. The van der Waals surface area contributed by atoms with Crippen molar-refractivity contribution in [2.24, 2.45) is 5.73 Å². The fourth-order valence-electron chi connectivity index (χ4n) is 2.01. The van der Waals surface area contributed by atoms with Crippen molar-refractivity contribution in [1.29, 1.82) is 0 Å². The Kier molecular flexibility index (Phi) is 4.42. The van der Waals surface area contributed by atoms with Gasteiger partial charge in [-0.05, 0) is 37.6 Å². The molecule has 0 radical (unpaired) electrons. The summed E-state index contributed by atoms with van der Waals surface area (Å²) in [6.45, 7) is 3.52. The Hall–Kier alpha value is -2.56. The second kappa shape index (κ2) is 6.26. The van der Waals surface area contributed by atoms with Gasteiger partial charge in [-0.15, -0.1) is 0 Å². The van der Waals surface area contributed by atoms with E-state index < -0.39 is 5.91 Å². The van der Waals surface area contributed by atoms with Crippen molar-refractivity contribution in [1.82, 2.24) is 0 Å². The van der Waals surface area contributed by atoms with Gasteiger partial charge in [-0.3, -0.25) is 9.59 Å². The molecule has 110 valence electrons. The maximum atomic E-state index is 11.1. The minimum atomic E-state index is -0.590. The van der Waals surface area contributed by atoms with Gasteiger partial charge in [0.1, 0.15) is 23.9 Å². The zero-order valence-corrected chi connectivity index (χ0v) is 12.0. The summed E-state index contributed by atoms with van der Waals surface area (Å²) < 4.78 is 10.9. The van der Waals surface area contributed by atoms with Crippen molar-refractivity contribution in [3.8, 4) is 5.75 Å². The normalized spacial score (nSPS) is 10.4. The number of aryl methyl sites for hydroxylation is 1. The van der Waals surface area contributed by atoms with E-state index in [0.29, 0.717) is 23.5 Å². The lowest BCUT2D eigenvalue weighted by atomic mass is 10.1. The molecule has 21 heavy (non-hydrogen) atoms. The van der Waals surface area contributed by atoms with E-state index in [4.69, 9.17) is 14.9 Å². The third-order valence-electron chi connectivity index (χ3n) is 2.95. The number of hydrogen-bond donors (Lipinski definition) is 1. The summed E-state index contributed by atoms with van der Waals surface area (Å²) in [4.78, 5) is 22.1. The van der Waals surface area contributed by atoms with Crippen LogP contribution < -0.4 is 10.5 Å². The van der Waals surface area contributed by atoms with Gasteiger partial charge in [0.2, 0.25) is 0 Å². The Balaban J connectivity index is 1.98. The molecule has 0 unspecified atom stereocenters. The van der Waals surface area contributed by atoms with Crippen LogP contribution in [0.25, 0.3) is 0 Å². The molecular weight excluding hydrogens is 270 g/mol. The van der Waals surface area contributed by atoms with Gasteiger partial charge in [0.05, 0.1) is 0 Å². The third-order valence-corrected chi connectivity index (χ3v) is 2.95. The predicted molar refractivity (Wildman–Crippen MR) is 77.1 cm³/mol. The topological polar surface area (TPSA) is 82.5 Å². The van der Waals surface area contributed by atoms with Gasteiger partial charge in [0.25, 0.3) is 5.91 Å². The molecule has 0 saturated carbocycles. The van der Waals surface area contributed by atoms with Gasteiger partial charge in [-0.25, -0.2) is 0 Å². The largest absolute Gasteiger partial charge is 0.486 e. The summed E-state index contributed by atoms with van der Waals surface area (Å²) >= 11 is 0. The van der Waals surface area contributed by atoms with E-state index in [1.807, 2.05) is 12.1 Å². The van der Waals surface area contributed by atoms with Crippen LogP contribution >= 0.6 is 0 Å². The van der Waals surface area contributed by atoms with Crippen molar-refractivity contribution in [2.45, 2.75) is 26.9 Å². The second-order valence-electron chi connectivity index (χ2n) is 4.90. The molecule has 2 N–H and O–H groups in total. The Morgan fingerprint density at radius 1 is 1.24 bits per heavy atom. The summed E-state index contributed by atoms with van der Waals surface area (Å²) in [5, 5.41) is 0. The van der Waals surface area contributed by atoms with E-state index in [1.54, 1.807) is 32.0 Å². The SMILES string of the molecule is CC(=O)Cc1ccc(OCc2cc(C)c(C(N)=O)o2)cc1. The van der Waals surface area contributed by atoms with E-state index in [0.717, 1.165) is 5.56 Å². The first-order valence-corrected chi connectivity index (χ1v) is 6.56. The fraction of sp³-hybridized carbons (Fsp3) is 0.250. The molecule has 2 rings (SSSR count). The molecule has 0 atom stereocenters. The highest BCUT2D eigenvalue weighted by molar-refractivity contribution is 5.91. The van der Waals surface area contributed by atoms with Gasteiger partial charge in [0.15, 0.2) is 5.76 Å². The highest BCUT2D eigenvalue weighted by Crippen LogP contribution is 2.18. The van der Waals surface area contributed by atoms with E-state index >= 15 is 0 Å². The van der Waals surface area contributed by atoms with Gasteiger partial charge < -0.3 is 14.9 Å². The maximum absolute atomic E-state index is 11.1. The Labute approximate surface area is 122 Å². The first-order chi connectivity index (χ1) is 9.95. The Morgan fingerprint density at radius 3 is 2.43 bits per heavy atom. The van der Waals surface area contributed by atoms with Crippen molar-refractivity contribution in [3.63, 3.8) is 0 Å². The fourth-order valence-corrected chi connectivity index (χ4v) is 2.01. The molecular formula is C16H17NO4. The van der Waals surface area contributed by atoms with Crippen molar-refractivity contribution in [2.75, 3.05) is 0 Å². The quantitative estimate of drug-likeness (QED) is 0.884. The number of carbonyl (C=O) groups excluding carboxylic acids is 2. The van der Waals surface area contributed by atoms with Crippen LogP contribution in [0, 0.1) is 6.92 Å². The molecule has 5 heteroatoms. The standard InChI is InChI=1S/C16H17NO4/c1-10-7-14(21-15(10)16(17)19)9-20-13-5-3-12(4-6-13)8-11(2)18/h3-7H,8-9H2,1-2H3,(H2,17,19). The number of amides is 1. The number of furan rings is 1. The molecule has 0 bridgehead atoms. The Morgan fingerprint density at radius 2 is 1.90 bits per heavy atom. The van der Waals surface area contributed by atoms with E-state index in [9.17, 15) is 9.59 Å². The van der Waals surface area contributed by atoms with Gasteiger partial charge >= 0.3 is 0 Å². The first-order valence-electron chi connectivity index (χ1n) is 6.56. The molecule has 1 amide bonds. The number of rotatable bonds is 6. The van der Waals surface area contributed by atoms with Crippen molar-refractivity contribution >= 4 is 11.7 Å². The van der Waals surface area contributed by atoms with Crippen LogP contribution in [0.2, 0.25) is 0 Å². The first kappa shape index (κ1) is 14.8. The second-order valence-corrected chi connectivity index (χ2v) is 4.90. The molecule has 1 aromatic carbocycles. The zero-order chi connectivity index (χ0) is 15.4. The molecule has 0 aliphatic carbocycles. The predicted octanol–water partition coefficient (Wildman–Crippen LogP) is 2.40. The molecule has 0 aliphatic rings. The highest BCUT2D eigenvalue weighted by atomic mass is 16.5. The lowest BCUT2D eigenvalue weighted by Crippen LogP contribution is -2.10. The number of Topliss-reactive ketones (excluding diaryl/α,β-unsaturated/α-hetero) is 1. The van der Waals surface area contributed by atoms with Crippen LogP contribution in [-0.4, -0.2) is 11.7 Å². The van der Waals surface area contributed by atoms with Crippen molar-refractivity contribution in [3.05, 3.63) is 53.0 Å². The number of hydrogen-bond acceptors (Lipinski definition) is 4. The van der Waals surface area contributed by atoms with Crippen LogP contribution in [0.3, 0.4) is 0 Å². The number of primary amides is 1. The monoisotopic (exact) mass is 287 g/mol. The minimum absolute atomic E-state index is 0.119. The zero-order valence-electron chi connectivity index (χ0n) is 12.0. The van der Waals surface area contributed by atoms with Gasteiger partial charge in [-0.1, -0.05) is 12.1 Å². The molecule has 0 fully saturated rings. The number of ether oxygens (including phenoxy) is 1. The molecule has 1 aromatic heterocycles. The summed E-state index contributed by atoms with van der Waals surface area (Å²) in [6.07, 6.45) is 0.416. The average Bonchev–Trinajstić information content (AvgIpc) is 2.79. The molecule has 1 heterocycles. The number of carbonyl (C=O) groups is 2. The average molecular weight is 287 g/mol. The number of benzene rings is 1. The molecule has 5 nitrogen and oxygen atoms in total. The molecule has 0 spiro atoms. The minimum Gasteiger partial charge on any atom is -0.486 e. The molecule has 0 aliphatic heterocycles. The van der Waals surface area contributed by atoms with E-state index in [1.165, 1.54) is 0 Å². The van der Waals surface area contributed by atoms with Gasteiger partial charge in [-0.2, -0.15) is 0 Å². The lowest BCUT2D eigenvalue weighted by molar-refractivity contribution is -0.116. The number of ketones is 1. The maximum Gasteiger partial charge on any atom is 0.284 e. The highest BCUT2D eigenvalue weighted by Gasteiger charge is 2.12. The van der Waals surface area contributed by atoms with E-state index in [2.05, 4.69) is 0 Å². The summed E-state index contributed by atoms with van der Waals surface area (Å²) in [5.41, 5.74) is 6.83. The van der Waals surface area contributed by atoms with Crippen LogP contribution in [0.15, 0.2) is 34.7 Å². The Bertz CT molecular complexity index is 655. The van der Waals surface area contributed by atoms with Crippen LogP contribution in [0.5, 0.6) is 5.75 Å². The smallest absolute Gasteiger partial charge is 0.284 e. The van der Waals surface area contributed by atoms with E-state index in [-0.39, 0.29) is 18.2 Å².